The second-order valence-corrected chi connectivity index (χ2v) is 6.87. The van der Waals surface area contributed by atoms with Crippen LogP contribution in [0.15, 0.2) is 56.6 Å². The lowest BCUT2D eigenvalue weighted by Gasteiger charge is -2.23. The van der Waals surface area contributed by atoms with Gasteiger partial charge in [0.25, 0.3) is 11.8 Å². The molecule has 0 aromatic heterocycles. The zero-order valence-corrected chi connectivity index (χ0v) is 12.2. The molecular weight excluding hydrogens is 290 g/mol. The molecule has 108 valence electrons. The number of benzene rings is 1. The number of nitrogens with zero attached hydrogens (tertiary/aromatic N) is 4. The third-order valence-electron chi connectivity index (χ3n) is 3.37. The van der Waals surface area contributed by atoms with Crippen LogP contribution in [0.5, 0.6) is 0 Å². The number of guanidine groups is 1. The normalized spacial score (nSPS) is 23.7. The number of hydrogen-bond donors (Lipinski definition) is 1. The molecule has 1 atom stereocenters. The smallest absolute Gasteiger partial charge is 0.286 e. The molecule has 0 radical (unpaired) electrons. The first-order valence-electron chi connectivity index (χ1n) is 6.36. The van der Waals surface area contributed by atoms with Gasteiger partial charge in [-0.2, -0.15) is 4.99 Å². The summed E-state index contributed by atoms with van der Waals surface area (Å²) < 4.78 is 23.7. The third kappa shape index (κ3) is 2.08. The van der Waals surface area contributed by atoms with Crippen LogP contribution in [0.2, 0.25) is 0 Å². The average Bonchev–Trinajstić information content (AvgIpc) is 2.84. The Balaban J connectivity index is 2.08. The van der Waals surface area contributed by atoms with Crippen molar-refractivity contribution in [2.75, 3.05) is 5.75 Å². The van der Waals surface area contributed by atoms with Crippen molar-refractivity contribution in [1.29, 1.82) is 0 Å². The summed E-state index contributed by atoms with van der Waals surface area (Å²) in [6.07, 6.45) is 4.93. The second-order valence-electron chi connectivity index (χ2n) is 4.59. The summed E-state index contributed by atoms with van der Waals surface area (Å²) in [6, 6.07) is 6.57. The SMILES string of the molecule is CCS(=O)(=O)c1ccc([N+]23C=CN=CC2=NC(N)=N3)cc1. The van der Waals surface area contributed by atoms with Crippen LogP contribution in [0.3, 0.4) is 0 Å². The first-order chi connectivity index (χ1) is 9.98. The fraction of sp³-hybridized carbons (Fsp3) is 0.154. The van der Waals surface area contributed by atoms with Gasteiger partial charge >= 0.3 is 0 Å². The van der Waals surface area contributed by atoms with Crippen molar-refractivity contribution in [3.63, 3.8) is 0 Å². The maximum atomic E-state index is 11.9. The van der Waals surface area contributed by atoms with E-state index >= 15 is 0 Å². The van der Waals surface area contributed by atoms with Crippen LogP contribution >= 0.6 is 0 Å². The number of fused-ring (bicyclic) bond motifs is 1. The van der Waals surface area contributed by atoms with E-state index in [2.05, 4.69) is 15.1 Å². The van der Waals surface area contributed by atoms with Crippen LogP contribution in [0.1, 0.15) is 6.92 Å². The molecule has 0 amide bonds. The molecule has 0 aliphatic carbocycles. The number of nitrogens with two attached hydrogens (primary N) is 1. The van der Waals surface area contributed by atoms with E-state index in [0.29, 0.717) is 5.84 Å². The number of amidine groups is 1. The van der Waals surface area contributed by atoms with Gasteiger partial charge in [0.2, 0.25) is 0 Å². The molecule has 0 bridgehead atoms. The van der Waals surface area contributed by atoms with Gasteiger partial charge in [-0.3, -0.25) is 4.99 Å². The average molecular weight is 304 g/mol. The van der Waals surface area contributed by atoms with E-state index in [-0.39, 0.29) is 21.2 Å². The molecule has 21 heavy (non-hydrogen) atoms. The van der Waals surface area contributed by atoms with E-state index in [0.717, 1.165) is 5.69 Å². The van der Waals surface area contributed by atoms with E-state index < -0.39 is 9.84 Å². The van der Waals surface area contributed by atoms with E-state index in [4.69, 9.17) is 5.73 Å². The maximum Gasteiger partial charge on any atom is 0.286 e. The molecule has 7 nitrogen and oxygen atoms in total. The highest BCUT2D eigenvalue weighted by Crippen LogP contribution is 2.31. The van der Waals surface area contributed by atoms with Crippen molar-refractivity contribution in [2.24, 2.45) is 20.8 Å². The van der Waals surface area contributed by atoms with Gasteiger partial charge in [-0.05, 0) is 17.2 Å². The van der Waals surface area contributed by atoms with Gasteiger partial charge in [-0.15, -0.1) is 0 Å². The van der Waals surface area contributed by atoms with E-state index in [9.17, 15) is 8.42 Å². The first-order valence-corrected chi connectivity index (χ1v) is 8.01. The minimum atomic E-state index is -3.22. The Hall–Kier alpha value is -2.32. The summed E-state index contributed by atoms with van der Waals surface area (Å²) in [7, 11) is -3.22. The minimum absolute atomic E-state index is 0.0260. The largest absolute Gasteiger partial charge is 0.363 e. The lowest BCUT2D eigenvalue weighted by atomic mass is 10.2. The Morgan fingerprint density at radius 2 is 1.95 bits per heavy atom. The number of hydrogen-bond acceptors (Lipinski definition) is 6. The summed E-state index contributed by atoms with van der Waals surface area (Å²) in [5.41, 5.74) is 6.44. The molecule has 2 aliphatic heterocycles. The molecule has 1 unspecified atom stereocenters. The molecule has 0 saturated carbocycles. The van der Waals surface area contributed by atoms with E-state index in [1.807, 2.05) is 0 Å². The predicted octanol–water partition coefficient (Wildman–Crippen LogP) is 0.985. The summed E-state index contributed by atoms with van der Waals surface area (Å²) in [6.45, 7) is 1.62. The standard InChI is InChI=1S/C13H14N5O2S/c1-2-21(19,20)11-5-3-10(4-6-11)18-8-7-15-9-12(18)16-13(14)17-18/h3-9H,2H2,1H3,(H2,14,17)/q+1. The van der Waals surface area contributed by atoms with Crippen LogP contribution in [-0.4, -0.2) is 32.2 Å². The molecule has 0 saturated heterocycles. The zero-order chi connectivity index (χ0) is 15.1. The lowest BCUT2D eigenvalue weighted by Crippen LogP contribution is -2.44. The molecule has 2 heterocycles. The van der Waals surface area contributed by atoms with Gasteiger partial charge in [-0.25, -0.2) is 8.42 Å². The topological polar surface area (TPSA) is 97.2 Å². The minimum Gasteiger partial charge on any atom is -0.363 e. The summed E-state index contributed by atoms with van der Waals surface area (Å²) in [5, 5.41) is 4.32. The molecule has 0 spiro atoms. The summed E-state index contributed by atoms with van der Waals surface area (Å²) >= 11 is 0. The van der Waals surface area contributed by atoms with Crippen LogP contribution < -0.4 is 10.3 Å². The Morgan fingerprint density at radius 3 is 2.62 bits per heavy atom. The van der Waals surface area contributed by atoms with Crippen molar-refractivity contribution >= 4 is 33.5 Å². The van der Waals surface area contributed by atoms with Crippen molar-refractivity contribution in [3.8, 4) is 0 Å². The highest BCUT2D eigenvalue weighted by molar-refractivity contribution is 7.91. The van der Waals surface area contributed by atoms with Crippen molar-refractivity contribution in [2.45, 2.75) is 11.8 Å². The Labute approximate surface area is 122 Å². The molecule has 3 rings (SSSR count). The highest BCUT2D eigenvalue weighted by atomic mass is 32.2. The molecule has 1 aromatic carbocycles. The molecule has 0 fully saturated rings. The van der Waals surface area contributed by atoms with Crippen LogP contribution in [0.25, 0.3) is 0 Å². The highest BCUT2D eigenvalue weighted by Gasteiger charge is 2.42. The van der Waals surface area contributed by atoms with E-state index in [1.165, 1.54) is 0 Å². The summed E-state index contributed by atoms with van der Waals surface area (Å²) in [5.74, 6) is 0.797. The number of aliphatic imine (C=N–C) groups is 2. The van der Waals surface area contributed by atoms with Gasteiger partial charge in [0.15, 0.2) is 21.7 Å². The lowest BCUT2D eigenvalue weighted by molar-refractivity contribution is 0.589. The fourth-order valence-corrected chi connectivity index (χ4v) is 3.11. The van der Waals surface area contributed by atoms with Gasteiger partial charge in [0, 0.05) is 12.1 Å². The molecule has 2 N–H and O–H groups in total. The van der Waals surface area contributed by atoms with Crippen molar-refractivity contribution in [3.05, 3.63) is 36.7 Å². The predicted molar refractivity (Wildman–Crippen MR) is 82.7 cm³/mol. The summed E-state index contributed by atoms with van der Waals surface area (Å²) in [4.78, 5) is 8.45. The van der Waals surface area contributed by atoms with Crippen molar-refractivity contribution < 1.29 is 8.42 Å². The van der Waals surface area contributed by atoms with Gasteiger partial charge in [0.1, 0.15) is 6.21 Å². The Morgan fingerprint density at radius 1 is 1.24 bits per heavy atom. The van der Waals surface area contributed by atoms with Crippen LogP contribution in [0, 0.1) is 0 Å². The number of quaternary nitrogens is 1. The van der Waals surface area contributed by atoms with Gasteiger partial charge in [-0.1, -0.05) is 11.5 Å². The number of sulfone groups is 1. The molecule has 2 aliphatic rings. The second kappa shape index (κ2) is 4.61. The molecule has 1 aromatic rings. The number of rotatable bonds is 3. The van der Waals surface area contributed by atoms with Crippen molar-refractivity contribution in [1.82, 2.24) is 4.59 Å². The monoisotopic (exact) mass is 304 g/mol. The molecular formula is C13H14N5O2S+. The Kier molecular flexibility index (Phi) is 2.99. The maximum absolute atomic E-state index is 11.9. The van der Waals surface area contributed by atoms with Gasteiger partial charge in [0.05, 0.1) is 16.8 Å². The fourth-order valence-electron chi connectivity index (χ4n) is 2.22. The van der Waals surface area contributed by atoms with Crippen LogP contribution in [-0.2, 0) is 9.84 Å². The quantitative estimate of drug-likeness (QED) is 0.843. The third-order valence-corrected chi connectivity index (χ3v) is 5.12. The Bertz CT molecular complexity index is 805. The van der Waals surface area contributed by atoms with Gasteiger partial charge < -0.3 is 5.73 Å². The van der Waals surface area contributed by atoms with Crippen LogP contribution in [0.4, 0.5) is 5.69 Å². The van der Waals surface area contributed by atoms with E-state index in [1.54, 1.807) is 49.8 Å². The molecule has 8 heteroatoms. The first kappa shape index (κ1) is 13.7. The zero-order valence-electron chi connectivity index (χ0n) is 11.3.